The van der Waals surface area contributed by atoms with E-state index in [1.165, 1.54) is 12.8 Å². The van der Waals surface area contributed by atoms with Crippen molar-refractivity contribution in [3.05, 3.63) is 0 Å². The maximum Gasteiger partial charge on any atom is 0.248 e. The molecule has 1 amide bonds. The molecule has 1 N–H and O–H groups in total. The molecule has 2 atom stereocenters. The van der Waals surface area contributed by atoms with Gasteiger partial charge < -0.3 is 15.0 Å². The standard InChI is InChI=1S/C11H22N2O2/c1-12-9-6-4-5-7-10(9)15-8-11(14)13(2)3/h9-10,12H,4-8H2,1-3H3. The first-order chi connectivity index (χ1) is 7.15. The highest BCUT2D eigenvalue weighted by molar-refractivity contribution is 5.76. The minimum Gasteiger partial charge on any atom is -0.367 e. The third-order valence-electron chi connectivity index (χ3n) is 2.99. The lowest BCUT2D eigenvalue weighted by molar-refractivity contribution is -0.136. The number of hydrogen-bond donors (Lipinski definition) is 1. The van der Waals surface area contributed by atoms with E-state index in [2.05, 4.69) is 5.32 Å². The van der Waals surface area contributed by atoms with Crippen molar-refractivity contribution in [2.75, 3.05) is 27.7 Å². The Morgan fingerprint density at radius 3 is 2.67 bits per heavy atom. The summed E-state index contributed by atoms with van der Waals surface area (Å²) in [5.41, 5.74) is 0. The van der Waals surface area contributed by atoms with Crippen LogP contribution >= 0.6 is 0 Å². The van der Waals surface area contributed by atoms with Crippen LogP contribution in [-0.4, -0.2) is 50.7 Å². The van der Waals surface area contributed by atoms with E-state index in [4.69, 9.17) is 4.74 Å². The van der Waals surface area contributed by atoms with Crippen LogP contribution in [0.5, 0.6) is 0 Å². The van der Waals surface area contributed by atoms with Crippen molar-refractivity contribution in [2.24, 2.45) is 0 Å². The molecule has 15 heavy (non-hydrogen) atoms. The maximum atomic E-state index is 11.4. The van der Waals surface area contributed by atoms with Gasteiger partial charge >= 0.3 is 0 Å². The van der Waals surface area contributed by atoms with Gasteiger partial charge in [0.05, 0.1) is 6.10 Å². The lowest BCUT2D eigenvalue weighted by Crippen LogP contribution is -2.43. The summed E-state index contributed by atoms with van der Waals surface area (Å²) in [6.45, 7) is 0.204. The number of ether oxygens (including phenoxy) is 1. The van der Waals surface area contributed by atoms with E-state index < -0.39 is 0 Å². The zero-order chi connectivity index (χ0) is 11.3. The molecule has 1 saturated carbocycles. The highest BCUT2D eigenvalue weighted by Gasteiger charge is 2.24. The van der Waals surface area contributed by atoms with Gasteiger partial charge in [-0.05, 0) is 19.9 Å². The summed E-state index contributed by atoms with van der Waals surface area (Å²) < 4.78 is 5.66. The number of hydrogen-bond acceptors (Lipinski definition) is 3. The summed E-state index contributed by atoms with van der Waals surface area (Å²) in [5.74, 6) is 0.0374. The monoisotopic (exact) mass is 214 g/mol. The molecule has 1 fully saturated rings. The van der Waals surface area contributed by atoms with Crippen molar-refractivity contribution in [1.82, 2.24) is 10.2 Å². The molecule has 0 spiro atoms. The molecule has 1 aliphatic rings. The van der Waals surface area contributed by atoms with E-state index in [1.54, 1.807) is 19.0 Å². The third kappa shape index (κ3) is 3.80. The van der Waals surface area contributed by atoms with Crippen molar-refractivity contribution in [3.8, 4) is 0 Å². The molecule has 0 aliphatic heterocycles. The van der Waals surface area contributed by atoms with Gasteiger partial charge in [-0.25, -0.2) is 0 Å². The molecule has 1 rings (SSSR count). The van der Waals surface area contributed by atoms with Gasteiger partial charge in [0.1, 0.15) is 6.61 Å². The Morgan fingerprint density at radius 2 is 2.07 bits per heavy atom. The molecule has 0 aromatic carbocycles. The smallest absolute Gasteiger partial charge is 0.248 e. The molecule has 4 nitrogen and oxygen atoms in total. The molecular weight excluding hydrogens is 192 g/mol. The van der Waals surface area contributed by atoms with Crippen LogP contribution in [0.2, 0.25) is 0 Å². The van der Waals surface area contributed by atoms with E-state index in [0.717, 1.165) is 12.8 Å². The average Bonchev–Trinajstić information content (AvgIpc) is 2.26. The topological polar surface area (TPSA) is 41.6 Å². The summed E-state index contributed by atoms with van der Waals surface area (Å²) in [5, 5.41) is 3.26. The Balaban J connectivity index is 2.32. The SMILES string of the molecule is CNC1CCCCC1OCC(=O)N(C)C. The number of carbonyl (C=O) groups excluding carboxylic acids is 1. The number of nitrogens with one attached hydrogen (secondary N) is 1. The number of carbonyl (C=O) groups is 1. The highest BCUT2D eigenvalue weighted by Crippen LogP contribution is 2.20. The van der Waals surface area contributed by atoms with E-state index >= 15 is 0 Å². The molecule has 0 saturated heterocycles. The van der Waals surface area contributed by atoms with Gasteiger partial charge in [0.2, 0.25) is 5.91 Å². The Hall–Kier alpha value is -0.610. The Labute approximate surface area is 92.0 Å². The largest absolute Gasteiger partial charge is 0.367 e. The van der Waals surface area contributed by atoms with Gasteiger partial charge in [-0.3, -0.25) is 4.79 Å². The molecule has 2 unspecified atom stereocenters. The zero-order valence-electron chi connectivity index (χ0n) is 9.95. The fourth-order valence-corrected chi connectivity index (χ4v) is 1.93. The average molecular weight is 214 g/mol. The second-order valence-electron chi connectivity index (χ2n) is 4.32. The first kappa shape index (κ1) is 12.5. The predicted octanol–water partition coefficient (Wildman–Crippen LogP) is 0.622. The second-order valence-corrected chi connectivity index (χ2v) is 4.32. The van der Waals surface area contributed by atoms with E-state index in [-0.39, 0.29) is 18.6 Å². The summed E-state index contributed by atoms with van der Waals surface area (Å²) in [7, 11) is 5.46. The fourth-order valence-electron chi connectivity index (χ4n) is 1.93. The number of nitrogens with zero attached hydrogens (tertiary/aromatic N) is 1. The van der Waals surface area contributed by atoms with Gasteiger partial charge in [-0.1, -0.05) is 12.8 Å². The minimum absolute atomic E-state index is 0.0374. The van der Waals surface area contributed by atoms with Crippen LogP contribution in [0.3, 0.4) is 0 Å². The van der Waals surface area contributed by atoms with Crippen molar-refractivity contribution in [1.29, 1.82) is 0 Å². The maximum absolute atomic E-state index is 11.4. The van der Waals surface area contributed by atoms with Crippen LogP contribution in [0.4, 0.5) is 0 Å². The summed E-state index contributed by atoms with van der Waals surface area (Å²) in [6.07, 6.45) is 4.88. The van der Waals surface area contributed by atoms with Crippen LogP contribution < -0.4 is 5.32 Å². The van der Waals surface area contributed by atoms with Crippen LogP contribution in [-0.2, 0) is 9.53 Å². The number of likely N-dealkylation sites (N-methyl/N-ethyl adjacent to an activating group) is 2. The lowest BCUT2D eigenvalue weighted by Gasteiger charge is -2.31. The van der Waals surface area contributed by atoms with Crippen molar-refractivity contribution >= 4 is 5.91 Å². The minimum atomic E-state index is 0.0374. The highest BCUT2D eigenvalue weighted by atomic mass is 16.5. The normalized spacial score (nSPS) is 26.3. The fraction of sp³-hybridized carbons (Fsp3) is 0.909. The predicted molar refractivity (Wildman–Crippen MR) is 59.7 cm³/mol. The third-order valence-corrected chi connectivity index (χ3v) is 2.99. The van der Waals surface area contributed by atoms with Gasteiger partial charge in [0.25, 0.3) is 0 Å². The second kappa shape index (κ2) is 6.08. The van der Waals surface area contributed by atoms with Crippen LogP contribution in [0.25, 0.3) is 0 Å². The Kier molecular flexibility index (Phi) is 5.05. The van der Waals surface area contributed by atoms with Crippen molar-refractivity contribution in [3.63, 3.8) is 0 Å². The molecular formula is C11H22N2O2. The van der Waals surface area contributed by atoms with E-state index in [1.807, 2.05) is 7.05 Å². The molecule has 88 valence electrons. The summed E-state index contributed by atoms with van der Waals surface area (Å²) in [6, 6.07) is 0.411. The molecule has 0 bridgehead atoms. The summed E-state index contributed by atoms with van der Waals surface area (Å²) in [4.78, 5) is 12.9. The van der Waals surface area contributed by atoms with Gasteiger partial charge in [0, 0.05) is 20.1 Å². The molecule has 0 heterocycles. The van der Waals surface area contributed by atoms with Crippen LogP contribution in [0.1, 0.15) is 25.7 Å². The van der Waals surface area contributed by atoms with Gasteiger partial charge in [-0.2, -0.15) is 0 Å². The summed E-state index contributed by atoms with van der Waals surface area (Å²) >= 11 is 0. The quantitative estimate of drug-likeness (QED) is 0.746. The van der Waals surface area contributed by atoms with Crippen molar-refractivity contribution < 1.29 is 9.53 Å². The Morgan fingerprint density at radius 1 is 1.40 bits per heavy atom. The lowest BCUT2D eigenvalue weighted by atomic mass is 9.92. The molecule has 1 aliphatic carbocycles. The zero-order valence-corrected chi connectivity index (χ0v) is 9.95. The van der Waals surface area contributed by atoms with Crippen molar-refractivity contribution in [2.45, 2.75) is 37.8 Å². The molecule has 4 heteroatoms. The number of rotatable bonds is 4. The molecule has 0 aromatic rings. The Bertz CT molecular complexity index is 207. The van der Waals surface area contributed by atoms with Crippen LogP contribution in [0, 0.1) is 0 Å². The first-order valence-electron chi connectivity index (χ1n) is 5.64. The van der Waals surface area contributed by atoms with Gasteiger partial charge in [0.15, 0.2) is 0 Å². The van der Waals surface area contributed by atoms with E-state index in [0.29, 0.717) is 6.04 Å². The molecule has 0 aromatic heterocycles. The first-order valence-corrected chi connectivity index (χ1v) is 5.64. The van der Waals surface area contributed by atoms with Crippen LogP contribution in [0.15, 0.2) is 0 Å². The molecule has 0 radical (unpaired) electrons. The number of amides is 1. The van der Waals surface area contributed by atoms with Gasteiger partial charge in [-0.15, -0.1) is 0 Å². The van der Waals surface area contributed by atoms with E-state index in [9.17, 15) is 4.79 Å².